The first-order valence-electron chi connectivity index (χ1n) is 5.79. The molecule has 19 heavy (non-hydrogen) atoms. The summed E-state index contributed by atoms with van der Waals surface area (Å²) in [5, 5.41) is 9.98. The number of benzene rings is 2. The van der Waals surface area contributed by atoms with E-state index in [4.69, 9.17) is 10.5 Å². The van der Waals surface area contributed by atoms with Gasteiger partial charge in [0.05, 0.1) is 7.11 Å². The molecule has 1 heterocycles. The van der Waals surface area contributed by atoms with Crippen LogP contribution in [0.15, 0.2) is 42.7 Å². The van der Waals surface area contributed by atoms with Crippen molar-refractivity contribution >= 4 is 16.6 Å². The Kier molecular flexibility index (Phi) is 2.72. The van der Waals surface area contributed by atoms with Crippen LogP contribution in [-0.2, 0) is 0 Å². The van der Waals surface area contributed by atoms with E-state index in [0.717, 1.165) is 22.1 Å². The fourth-order valence-corrected chi connectivity index (χ4v) is 1.99. The first-order valence-corrected chi connectivity index (χ1v) is 5.79. The second-order valence-corrected chi connectivity index (χ2v) is 4.12. The van der Waals surface area contributed by atoms with Gasteiger partial charge in [0.2, 0.25) is 0 Å². The minimum Gasteiger partial charge on any atom is -0.497 e. The number of methoxy groups -OCH3 is 1. The molecule has 3 aromatic rings. The van der Waals surface area contributed by atoms with E-state index in [-0.39, 0.29) is 0 Å². The summed E-state index contributed by atoms with van der Waals surface area (Å²) in [5.74, 6) is 1.21. The quantitative estimate of drug-likeness (QED) is 0.757. The zero-order valence-electron chi connectivity index (χ0n) is 10.4. The zero-order chi connectivity index (χ0) is 13.2. The van der Waals surface area contributed by atoms with Gasteiger partial charge in [-0.2, -0.15) is 0 Å². The monoisotopic (exact) mass is 252 g/mol. The SMILES string of the molecule is COc1ccc2cc(-c3nncnc3N)ccc2c1. The van der Waals surface area contributed by atoms with Crippen LogP contribution in [0.5, 0.6) is 5.75 Å². The molecule has 0 aliphatic heterocycles. The number of ether oxygens (including phenoxy) is 1. The lowest BCUT2D eigenvalue weighted by atomic mass is 10.0. The van der Waals surface area contributed by atoms with Crippen molar-refractivity contribution in [2.45, 2.75) is 0 Å². The van der Waals surface area contributed by atoms with E-state index in [1.165, 1.54) is 6.33 Å². The van der Waals surface area contributed by atoms with Crippen molar-refractivity contribution in [1.29, 1.82) is 0 Å². The van der Waals surface area contributed by atoms with E-state index in [9.17, 15) is 0 Å². The summed E-state index contributed by atoms with van der Waals surface area (Å²) in [6, 6.07) is 11.9. The Balaban J connectivity index is 2.15. The van der Waals surface area contributed by atoms with Gasteiger partial charge in [-0.25, -0.2) is 4.98 Å². The second kappa shape index (κ2) is 4.53. The van der Waals surface area contributed by atoms with Gasteiger partial charge in [0.1, 0.15) is 17.8 Å². The van der Waals surface area contributed by atoms with Crippen LogP contribution in [0.4, 0.5) is 5.82 Å². The molecule has 0 unspecified atom stereocenters. The third kappa shape index (κ3) is 2.06. The molecule has 5 nitrogen and oxygen atoms in total. The topological polar surface area (TPSA) is 73.9 Å². The number of hydrogen-bond donors (Lipinski definition) is 1. The summed E-state index contributed by atoms with van der Waals surface area (Å²) in [6.45, 7) is 0. The molecule has 3 rings (SSSR count). The van der Waals surface area contributed by atoms with Crippen molar-refractivity contribution in [3.05, 3.63) is 42.7 Å². The molecule has 0 amide bonds. The van der Waals surface area contributed by atoms with Crippen LogP contribution in [0, 0.1) is 0 Å². The summed E-state index contributed by atoms with van der Waals surface area (Å²) in [6.07, 6.45) is 1.34. The lowest BCUT2D eigenvalue weighted by Gasteiger charge is -2.06. The van der Waals surface area contributed by atoms with E-state index >= 15 is 0 Å². The predicted molar refractivity (Wildman–Crippen MR) is 73.7 cm³/mol. The molecule has 0 radical (unpaired) electrons. The molecule has 2 aromatic carbocycles. The Morgan fingerprint density at radius 2 is 1.84 bits per heavy atom. The van der Waals surface area contributed by atoms with E-state index < -0.39 is 0 Å². The third-order valence-electron chi connectivity index (χ3n) is 2.97. The molecule has 5 heteroatoms. The highest BCUT2D eigenvalue weighted by atomic mass is 16.5. The maximum absolute atomic E-state index is 5.81. The van der Waals surface area contributed by atoms with Crippen LogP contribution in [0.2, 0.25) is 0 Å². The number of rotatable bonds is 2. The van der Waals surface area contributed by atoms with E-state index in [1.807, 2.05) is 36.4 Å². The molecule has 0 saturated carbocycles. The minimum absolute atomic E-state index is 0.378. The Hall–Kier alpha value is -2.69. The summed E-state index contributed by atoms with van der Waals surface area (Å²) >= 11 is 0. The fourth-order valence-electron chi connectivity index (χ4n) is 1.99. The van der Waals surface area contributed by atoms with Crippen LogP contribution >= 0.6 is 0 Å². The van der Waals surface area contributed by atoms with E-state index in [0.29, 0.717) is 11.5 Å². The van der Waals surface area contributed by atoms with Crippen molar-refractivity contribution in [2.24, 2.45) is 0 Å². The minimum atomic E-state index is 0.378. The van der Waals surface area contributed by atoms with Gasteiger partial charge in [-0.15, -0.1) is 10.2 Å². The van der Waals surface area contributed by atoms with Crippen molar-refractivity contribution < 1.29 is 4.74 Å². The van der Waals surface area contributed by atoms with Gasteiger partial charge in [-0.1, -0.05) is 18.2 Å². The highest BCUT2D eigenvalue weighted by Gasteiger charge is 2.06. The molecule has 0 saturated heterocycles. The van der Waals surface area contributed by atoms with Crippen LogP contribution < -0.4 is 10.5 Å². The van der Waals surface area contributed by atoms with Gasteiger partial charge in [0.15, 0.2) is 5.82 Å². The Morgan fingerprint density at radius 3 is 2.63 bits per heavy atom. The number of nitrogens with zero attached hydrogens (tertiary/aromatic N) is 3. The van der Waals surface area contributed by atoms with E-state index in [1.54, 1.807) is 7.11 Å². The summed E-state index contributed by atoms with van der Waals surface area (Å²) in [4.78, 5) is 3.95. The number of aromatic nitrogens is 3. The molecule has 0 aliphatic carbocycles. The van der Waals surface area contributed by atoms with Crippen LogP contribution in [-0.4, -0.2) is 22.3 Å². The molecular weight excluding hydrogens is 240 g/mol. The zero-order valence-corrected chi connectivity index (χ0v) is 10.4. The van der Waals surface area contributed by atoms with Crippen molar-refractivity contribution in [3.8, 4) is 17.0 Å². The molecule has 0 spiro atoms. The standard InChI is InChI=1S/C14H12N4O/c1-19-12-5-4-9-6-11(3-2-10(9)7-12)13-14(15)16-8-17-18-13/h2-8H,1H3,(H2,15,16,17). The summed E-state index contributed by atoms with van der Waals surface area (Å²) in [5.41, 5.74) is 7.30. The highest BCUT2D eigenvalue weighted by molar-refractivity contribution is 5.88. The van der Waals surface area contributed by atoms with Crippen molar-refractivity contribution in [1.82, 2.24) is 15.2 Å². The number of nitrogen functional groups attached to an aromatic ring is 1. The average Bonchev–Trinajstić information content (AvgIpc) is 2.46. The Labute approximate surface area is 110 Å². The van der Waals surface area contributed by atoms with Gasteiger partial charge in [-0.05, 0) is 29.0 Å². The maximum atomic E-state index is 5.81. The van der Waals surface area contributed by atoms with Gasteiger partial charge in [-0.3, -0.25) is 0 Å². The van der Waals surface area contributed by atoms with Gasteiger partial charge in [0.25, 0.3) is 0 Å². The number of hydrogen-bond acceptors (Lipinski definition) is 5. The van der Waals surface area contributed by atoms with E-state index in [2.05, 4.69) is 15.2 Å². The molecule has 0 fully saturated rings. The molecule has 0 bridgehead atoms. The first-order chi connectivity index (χ1) is 9.28. The van der Waals surface area contributed by atoms with Crippen molar-refractivity contribution in [2.75, 3.05) is 12.8 Å². The predicted octanol–water partition coefficient (Wildman–Crippen LogP) is 2.28. The third-order valence-corrected chi connectivity index (χ3v) is 2.97. The summed E-state index contributed by atoms with van der Waals surface area (Å²) in [7, 11) is 1.65. The fraction of sp³-hybridized carbons (Fsp3) is 0.0714. The molecular formula is C14H12N4O. The maximum Gasteiger partial charge on any atom is 0.153 e. The summed E-state index contributed by atoms with van der Waals surface area (Å²) < 4.78 is 5.20. The number of nitrogens with two attached hydrogens (primary N) is 1. The second-order valence-electron chi connectivity index (χ2n) is 4.12. The normalized spacial score (nSPS) is 10.6. The highest BCUT2D eigenvalue weighted by Crippen LogP contribution is 2.27. The molecule has 2 N–H and O–H groups in total. The largest absolute Gasteiger partial charge is 0.497 e. The Morgan fingerprint density at radius 1 is 1.05 bits per heavy atom. The smallest absolute Gasteiger partial charge is 0.153 e. The molecule has 0 aliphatic rings. The molecule has 0 atom stereocenters. The van der Waals surface area contributed by atoms with Crippen LogP contribution in [0.3, 0.4) is 0 Å². The van der Waals surface area contributed by atoms with Crippen LogP contribution in [0.1, 0.15) is 0 Å². The lowest BCUT2D eigenvalue weighted by molar-refractivity contribution is 0.415. The van der Waals surface area contributed by atoms with Gasteiger partial charge >= 0.3 is 0 Å². The van der Waals surface area contributed by atoms with Gasteiger partial charge < -0.3 is 10.5 Å². The van der Waals surface area contributed by atoms with Gasteiger partial charge in [0, 0.05) is 5.56 Å². The Bertz CT molecular complexity index is 742. The van der Waals surface area contributed by atoms with Crippen molar-refractivity contribution in [3.63, 3.8) is 0 Å². The number of fused-ring (bicyclic) bond motifs is 1. The molecule has 94 valence electrons. The lowest BCUT2D eigenvalue weighted by Crippen LogP contribution is -1.98. The number of anilines is 1. The molecule has 1 aromatic heterocycles. The van der Waals surface area contributed by atoms with Crippen LogP contribution in [0.25, 0.3) is 22.0 Å². The first kappa shape index (κ1) is 11.4. The average molecular weight is 252 g/mol.